The lowest BCUT2D eigenvalue weighted by molar-refractivity contribution is -0.142. The lowest BCUT2D eigenvalue weighted by atomic mass is 9.94. The van der Waals surface area contributed by atoms with E-state index in [1.807, 2.05) is 13.8 Å². The van der Waals surface area contributed by atoms with E-state index in [2.05, 4.69) is 5.32 Å². The van der Waals surface area contributed by atoms with Crippen molar-refractivity contribution in [2.45, 2.75) is 53.0 Å². The number of rotatable bonds is 10. The van der Waals surface area contributed by atoms with E-state index in [0.29, 0.717) is 0 Å². The Morgan fingerprint density at radius 1 is 1.27 bits per heavy atom. The molecule has 8 nitrogen and oxygen atoms in total. The number of hydrogen-bond donors (Lipinski definition) is 2. The van der Waals surface area contributed by atoms with Gasteiger partial charge in [-0.3, -0.25) is 19.3 Å². The highest BCUT2D eigenvalue weighted by Gasteiger charge is 2.42. The first kappa shape index (κ1) is 22.1. The summed E-state index contributed by atoms with van der Waals surface area (Å²) in [5.41, 5.74) is 5.72. The largest absolute Gasteiger partial charge is 0.449 e. The first-order chi connectivity index (χ1) is 12.2. The van der Waals surface area contributed by atoms with Crippen LogP contribution in [-0.2, 0) is 19.1 Å². The van der Waals surface area contributed by atoms with Crippen LogP contribution < -0.4 is 11.1 Å². The molecule has 1 saturated heterocycles. The van der Waals surface area contributed by atoms with E-state index in [4.69, 9.17) is 10.5 Å². The van der Waals surface area contributed by atoms with Gasteiger partial charge in [-0.05, 0) is 5.92 Å². The van der Waals surface area contributed by atoms with Gasteiger partial charge in [0.05, 0.1) is 12.6 Å². The summed E-state index contributed by atoms with van der Waals surface area (Å²) >= 11 is 0. The van der Waals surface area contributed by atoms with Gasteiger partial charge < -0.3 is 15.8 Å². The van der Waals surface area contributed by atoms with E-state index in [1.54, 1.807) is 13.8 Å². The molecule has 148 valence electrons. The number of amides is 3. The second-order valence-corrected chi connectivity index (χ2v) is 7.27. The van der Waals surface area contributed by atoms with Crippen LogP contribution in [0.1, 0.15) is 47.0 Å². The molecule has 3 amide bonds. The minimum atomic E-state index is -0.628. The summed E-state index contributed by atoms with van der Waals surface area (Å²) in [5.74, 6) is -0.634. The SMILES string of the molecule is CC(C)C(=O)CCNC(=O)OCCC(CN)N1C(=O)CC(C(C)C)C1=O. The van der Waals surface area contributed by atoms with Crippen LogP contribution in [0.15, 0.2) is 0 Å². The fourth-order valence-electron chi connectivity index (χ4n) is 2.85. The molecule has 0 spiro atoms. The highest BCUT2D eigenvalue weighted by Crippen LogP contribution is 2.28. The number of carbonyl (C=O) groups excluding carboxylic acids is 4. The molecular weight excluding hydrogens is 338 g/mol. The van der Waals surface area contributed by atoms with Gasteiger partial charge in [-0.2, -0.15) is 0 Å². The Bertz CT molecular complexity index is 533. The Balaban J connectivity index is 2.40. The zero-order chi connectivity index (χ0) is 19.9. The average molecular weight is 369 g/mol. The van der Waals surface area contributed by atoms with Crippen molar-refractivity contribution in [2.24, 2.45) is 23.5 Å². The fraction of sp³-hybridized carbons (Fsp3) is 0.778. The number of likely N-dealkylation sites (tertiary alicyclic amines) is 1. The molecule has 1 aliphatic heterocycles. The zero-order valence-electron chi connectivity index (χ0n) is 16.1. The van der Waals surface area contributed by atoms with Gasteiger partial charge in [0.2, 0.25) is 11.8 Å². The number of nitrogens with two attached hydrogens (primary N) is 1. The zero-order valence-corrected chi connectivity index (χ0v) is 16.1. The van der Waals surface area contributed by atoms with Crippen LogP contribution in [0.3, 0.4) is 0 Å². The molecule has 1 fully saturated rings. The number of nitrogens with zero attached hydrogens (tertiary/aromatic N) is 1. The Morgan fingerprint density at radius 2 is 1.92 bits per heavy atom. The molecule has 26 heavy (non-hydrogen) atoms. The first-order valence-corrected chi connectivity index (χ1v) is 9.18. The molecule has 0 aromatic rings. The van der Waals surface area contributed by atoms with Crippen LogP contribution in [0, 0.1) is 17.8 Å². The van der Waals surface area contributed by atoms with Crippen LogP contribution in [-0.4, -0.2) is 54.3 Å². The fourth-order valence-corrected chi connectivity index (χ4v) is 2.85. The van der Waals surface area contributed by atoms with Gasteiger partial charge in [0.1, 0.15) is 5.78 Å². The number of alkyl carbamates (subject to hydrolysis) is 1. The standard InChI is InChI=1S/C18H31N3O5/c1-11(2)14-9-16(23)21(17(14)24)13(10-19)6-8-26-18(25)20-7-5-15(22)12(3)4/h11-14H,5-10,19H2,1-4H3,(H,20,25). The van der Waals surface area contributed by atoms with Crippen LogP contribution >= 0.6 is 0 Å². The van der Waals surface area contributed by atoms with Gasteiger partial charge in [0.15, 0.2) is 0 Å². The summed E-state index contributed by atoms with van der Waals surface area (Å²) in [6.07, 6.45) is 0.123. The molecule has 0 aromatic carbocycles. The van der Waals surface area contributed by atoms with E-state index in [0.717, 1.165) is 0 Å². The Labute approximate surface area is 154 Å². The molecule has 0 saturated carbocycles. The van der Waals surface area contributed by atoms with Crippen molar-refractivity contribution in [1.29, 1.82) is 0 Å². The third kappa shape index (κ3) is 6.09. The Kier molecular flexibility index (Phi) is 8.71. The van der Waals surface area contributed by atoms with E-state index in [-0.39, 0.29) is 74.3 Å². The summed E-state index contributed by atoms with van der Waals surface area (Å²) in [6, 6.07) is -0.478. The molecule has 2 unspecified atom stereocenters. The number of hydrogen-bond acceptors (Lipinski definition) is 6. The second kappa shape index (κ2) is 10.3. The molecule has 1 heterocycles. The number of Topliss-reactive ketones (excluding diaryl/α,β-unsaturated/α-hetero) is 1. The van der Waals surface area contributed by atoms with Crippen LogP contribution in [0.5, 0.6) is 0 Å². The molecular formula is C18H31N3O5. The van der Waals surface area contributed by atoms with Crippen LogP contribution in [0.25, 0.3) is 0 Å². The molecule has 1 aliphatic rings. The minimum Gasteiger partial charge on any atom is -0.449 e. The van der Waals surface area contributed by atoms with E-state index < -0.39 is 12.1 Å². The lowest BCUT2D eigenvalue weighted by Crippen LogP contribution is -2.45. The summed E-state index contributed by atoms with van der Waals surface area (Å²) in [4.78, 5) is 48.9. The number of ether oxygens (including phenoxy) is 1. The topological polar surface area (TPSA) is 119 Å². The Morgan fingerprint density at radius 3 is 2.42 bits per heavy atom. The number of nitrogens with one attached hydrogen (secondary N) is 1. The lowest BCUT2D eigenvalue weighted by Gasteiger charge is -2.25. The number of ketones is 1. The van der Waals surface area contributed by atoms with Crippen molar-refractivity contribution in [3.05, 3.63) is 0 Å². The van der Waals surface area contributed by atoms with E-state index in [9.17, 15) is 19.2 Å². The van der Waals surface area contributed by atoms with Crippen molar-refractivity contribution in [3.63, 3.8) is 0 Å². The van der Waals surface area contributed by atoms with Gasteiger partial charge in [-0.25, -0.2) is 4.79 Å². The second-order valence-electron chi connectivity index (χ2n) is 7.27. The maximum atomic E-state index is 12.4. The van der Waals surface area contributed by atoms with Crippen molar-refractivity contribution in [3.8, 4) is 0 Å². The van der Waals surface area contributed by atoms with Crippen molar-refractivity contribution < 1.29 is 23.9 Å². The average Bonchev–Trinajstić information content (AvgIpc) is 2.86. The highest BCUT2D eigenvalue weighted by atomic mass is 16.5. The minimum absolute atomic E-state index is 0.0369. The number of imide groups is 1. The van der Waals surface area contributed by atoms with Crippen LogP contribution in [0.2, 0.25) is 0 Å². The maximum Gasteiger partial charge on any atom is 0.407 e. The molecule has 8 heteroatoms. The van der Waals surface area contributed by atoms with Crippen LogP contribution in [0.4, 0.5) is 4.79 Å². The van der Waals surface area contributed by atoms with Gasteiger partial charge in [-0.1, -0.05) is 27.7 Å². The predicted molar refractivity (Wildman–Crippen MR) is 96.1 cm³/mol. The number of carbonyl (C=O) groups is 4. The summed E-state index contributed by atoms with van der Waals surface area (Å²) in [6.45, 7) is 7.81. The van der Waals surface area contributed by atoms with Gasteiger partial charge in [0, 0.05) is 44.2 Å². The van der Waals surface area contributed by atoms with Gasteiger partial charge >= 0.3 is 6.09 Å². The van der Waals surface area contributed by atoms with Crippen molar-refractivity contribution >= 4 is 23.7 Å². The third-order valence-corrected chi connectivity index (χ3v) is 4.63. The normalized spacial score (nSPS) is 18.6. The highest BCUT2D eigenvalue weighted by molar-refractivity contribution is 6.04. The summed E-state index contributed by atoms with van der Waals surface area (Å²) in [5, 5.41) is 2.51. The molecule has 0 radical (unpaired) electrons. The molecule has 2 atom stereocenters. The predicted octanol–water partition coefficient (Wildman–Crippen LogP) is 1.08. The van der Waals surface area contributed by atoms with E-state index in [1.165, 1.54) is 4.90 Å². The monoisotopic (exact) mass is 369 g/mol. The summed E-state index contributed by atoms with van der Waals surface area (Å²) < 4.78 is 5.05. The molecule has 0 bridgehead atoms. The van der Waals surface area contributed by atoms with Crippen molar-refractivity contribution in [1.82, 2.24) is 10.2 Å². The smallest absolute Gasteiger partial charge is 0.407 e. The Hall–Kier alpha value is -1.96. The summed E-state index contributed by atoms with van der Waals surface area (Å²) in [7, 11) is 0. The third-order valence-electron chi connectivity index (χ3n) is 4.63. The van der Waals surface area contributed by atoms with E-state index >= 15 is 0 Å². The van der Waals surface area contributed by atoms with Gasteiger partial charge in [-0.15, -0.1) is 0 Å². The first-order valence-electron chi connectivity index (χ1n) is 9.18. The molecule has 3 N–H and O–H groups in total. The molecule has 0 aromatic heterocycles. The molecule has 0 aliphatic carbocycles. The molecule has 1 rings (SSSR count). The van der Waals surface area contributed by atoms with Gasteiger partial charge in [0.25, 0.3) is 0 Å². The van der Waals surface area contributed by atoms with Crippen molar-refractivity contribution in [2.75, 3.05) is 19.7 Å². The quantitative estimate of drug-likeness (QED) is 0.556. The maximum absolute atomic E-state index is 12.4.